The summed E-state index contributed by atoms with van der Waals surface area (Å²) in [6.07, 6.45) is -5.14. The molecule has 0 radical (unpaired) electrons. The Morgan fingerprint density at radius 3 is 1.69 bits per heavy atom. The van der Waals surface area contributed by atoms with Crippen molar-refractivity contribution in [1.82, 2.24) is 0 Å². The molecule has 13 heteroatoms. The smallest absolute Gasteiger partial charge is 0.350 e. The number of rotatable bonds is 4. The Labute approximate surface area is 161 Å². The van der Waals surface area contributed by atoms with Gasteiger partial charge < -0.3 is 16.8 Å². The van der Waals surface area contributed by atoms with Gasteiger partial charge in [-0.3, -0.25) is 4.79 Å². The number of anilines is 3. The molecule has 0 spiro atoms. The zero-order valence-corrected chi connectivity index (χ0v) is 14.6. The highest BCUT2D eigenvalue weighted by atomic mass is 19.4. The fourth-order valence-electron chi connectivity index (χ4n) is 2.38. The largest absolute Gasteiger partial charge is 0.420 e. The molecule has 9 N–H and O–H groups in total. The number of nitrogens with two attached hydrogens (primary N) is 4. The van der Waals surface area contributed by atoms with E-state index in [1.165, 1.54) is 12.1 Å². The predicted octanol–water partition coefficient (Wildman–Crippen LogP) is 1.48. The summed E-state index contributed by atoms with van der Waals surface area (Å²) >= 11 is 0. The van der Waals surface area contributed by atoms with E-state index in [1.54, 1.807) is 18.2 Å². The molecule has 0 bridgehead atoms. The lowest BCUT2D eigenvalue weighted by Gasteiger charge is -2.26. The Bertz CT molecular complexity index is 910. The summed E-state index contributed by atoms with van der Waals surface area (Å²) in [5.74, 6) is 9.84. The van der Waals surface area contributed by atoms with Crippen LogP contribution in [0.15, 0.2) is 42.5 Å². The van der Waals surface area contributed by atoms with Crippen LogP contribution in [0.25, 0.3) is 0 Å². The number of alkyl halides is 3. The van der Waals surface area contributed by atoms with Crippen LogP contribution in [0.5, 0.6) is 0 Å². The van der Waals surface area contributed by atoms with Gasteiger partial charge in [-0.1, -0.05) is 18.2 Å². The van der Waals surface area contributed by atoms with Gasteiger partial charge >= 0.3 is 18.2 Å². The number of benzene rings is 2. The molecule has 2 aromatic carbocycles. The van der Waals surface area contributed by atoms with Crippen molar-refractivity contribution in [2.75, 3.05) is 15.3 Å². The monoisotopic (exact) mass is 411 g/mol. The maximum atomic E-state index is 13.7. The van der Waals surface area contributed by atoms with Gasteiger partial charge in [-0.25, -0.2) is 31.3 Å². The van der Waals surface area contributed by atoms with E-state index in [2.05, 4.69) is 5.32 Å². The van der Waals surface area contributed by atoms with Crippen molar-refractivity contribution in [2.45, 2.75) is 6.18 Å². The molecule has 2 aromatic rings. The number of halogens is 3. The topological polar surface area (TPSA) is 174 Å². The standard InChI is InChI=1S/C16H16F3N7O3/c17-16(18,19)12-10(25(22)14(20)28)6-8(7-11(12)26(23)15(21)29)13(27)24-9-4-2-1-3-5-9/h1-7H,22-23H2,(H2,20,28)(H2,21,29)(H,24,27). The van der Waals surface area contributed by atoms with Gasteiger partial charge in [0.25, 0.3) is 5.91 Å². The second-order valence-corrected chi connectivity index (χ2v) is 5.62. The van der Waals surface area contributed by atoms with Gasteiger partial charge in [0.2, 0.25) is 0 Å². The number of amides is 5. The van der Waals surface area contributed by atoms with Crippen LogP contribution in [0, 0.1) is 0 Å². The normalized spacial score (nSPS) is 10.9. The summed E-state index contributed by atoms with van der Waals surface area (Å²) in [4.78, 5) is 35.3. The Kier molecular flexibility index (Phi) is 5.95. The molecule has 0 aliphatic rings. The number of hydrogen-bond acceptors (Lipinski definition) is 5. The molecule has 0 atom stereocenters. The van der Waals surface area contributed by atoms with E-state index in [1.807, 2.05) is 0 Å². The highest BCUT2D eigenvalue weighted by Crippen LogP contribution is 2.43. The lowest BCUT2D eigenvalue weighted by atomic mass is 10.0. The highest BCUT2D eigenvalue weighted by Gasteiger charge is 2.41. The van der Waals surface area contributed by atoms with Crippen LogP contribution in [-0.2, 0) is 6.18 Å². The van der Waals surface area contributed by atoms with Crippen molar-refractivity contribution >= 4 is 35.0 Å². The average molecular weight is 411 g/mol. The molecule has 0 fully saturated rings. The van der Waals surface area contributed by atoms with Crippen molar-refractivity contribution < 1.29 is 27.6 Å². The van der Waals surface area contributed by atoms with E-state index in [0.717, 1.165) is 0 Å². The molecule has 0 aromatic heterocycles. The van der Waals surface area contributed by atoms with E-state index in [4.69, 9.17) is 23.2 Å². The maximum absolute atomic E-state index is 13.7. The van der Waals surface area contributed by atoms with E-state index in [9.17, 15) is 27.6 Å². The summed E-state index contributed by atoms with van der Waals surface area (Å²) < 4.78 is 41.0. The molecule has 154 valence electrons. The van der Waals surface area contributed by atoms with Crippen LogP contribution >= 0.6 is 0 Å². The van der Waals surface area contributed by atoms with Gasteiger partial charge in [0, 0.05) is 11.3 Å². The number of urea groups is 2. The summed E-state index contributed by atoms with van der Waals surface area (Å²) in [7, 11) is 0. The minimum Gasteiger partial charge on any atom is -0.350 e. The van der Waals surface area contributed by atoms with Gasteiger partial charge in [-0.05, 0) is 24.3 Å². The minimum absolute atomic E-state index is 0.0273. The van der Waals surface area contributed by atoms with Gasteiger partial charge in [-0.2, -0.15) is 13.2 Å². The van der Waals surface area contributed by atoms with Gasteiger partial charge in [0.05, 0.1) is 11.4 Å². The Morgan fingerprint density at radius 1 is 0.862 bits per heavy atom. The molecule has 0 saturated heterocycles. The molecule has 0 saturated carbocycles. The molecule has 0 aliphatic carbocycles. The van der Waals surface area contributed by atoms with Crippen LogP contribution in [0.4, 0.5) is 39.8 Å². The number of carbonyl (C=O) groups excluding carboxylic acids is 3. The Morgan fingerprint density at radius 2 is 1.31 bits per heavy atom. The van der Waals surface area contributed by atoms with E-state index in [-0.39, 0.29) is 10.0 Å². The Hall–Kier alpha value is -3.84. The first-order valence-corrected chi connectivity index (χ1v) is 7.73. The molecule has 0 heterocycles. The minimum atomic E-state index is -5.14. The fraction of sp³-hybridized carbons (Fsp3) is 0.0625. The van der Waals surface area contributed by atoms with Crippen LogP contribution in [0.3, 0.4) is 0 Å². The molecule has 5 amide bonds. The predicted molar refractivity (Wildman–Crippen MR) is 98.3 cm³/mol. The van der Waals surface area contributed by atoms with Crippen molar-refractivity contribution in [3.63, 3.8) is 0 Å². The van der Waals surface area contributed by atoms with Gasteiger partial charge in [-0.15, -0.1) is 0 Å². The van der Waals surface area contributed by atoms with Crippen LogP contribution in [0.2, 0.25) is 0 Å². The number of hydrogen-bond donors (Lipinski definition) is 5. The van der Waals surface area contributed by atoms with Crippen LogP contribution in [-0.4, -0.2) is 18.0 Å². The summed E-state index contributed by atoms with van der Waals surface area (Å²) in [5, 5.41) is 2.38. The first-order valence-electron chi connectivity index (χ1n) is 7.73. The number of carbonyl (C=O) groups is 3. The van der Waals surface area contributed by atoms with E-state index >= 15 is 0 Å². The molecule has 29 heavy (non-hydrogen) atoms. The van der Waals surface area contributed by atoms with Gasteiger partial charge in [0.15, 0.2) is 0 Å². The molecule has 2 rings (SSSR count). The number of nitrogens with one attached hydrogen (secondary N) is 1. The first-order chi connectivity index (χ1) is 13.4. The SMILES string of the molecule is NC(=O)N(N)c1cc(C(=O)Nc2ccccc2)cc(N(N)C(N)=O)c1C(F)(F)F. The zero-order chi connectivity index (χ0) is 21.9. The number of hydrazine groups is 2. The lowest BCUT2D eigenvalue weighted by molar-refractivity contribution is -0.136. The third-order valence-electron chi connectivity index (χ3n) is 3.67. The average Bonchev–Trinajstić information content (AvgIpc) is 2.65. The molecular weight excluding hydrogens is 395 g/mol. The van der Waals surface area contributed by atoms with Crippen LogP contribution < -0.4 is 38.5 Å². The van der Waals surface area contributed by atoms with Gasteiger partial charge in [0.1, 0.15) is 5.56 Å². The lowest BCUT2D eigenvalue weighted by Crippen LogP contribution is -2.45. The highest BCUT2D eigenvalue weighted by molar-refractivity contribution is 6.07. The molecule has 0 unspecified atom stereocenters. The van der Waals surface area contributed by atoms with E-state index < -0.39 is 46.6 Å². The molecular formula is C16H16F3N7O3. The van der Waals surface area contributed by atoms with E-state index in [0.29, 0.717) is 17.8 Å². The van der Waals surface area contributed by atoms with Crippen molar-refractivity contribution in [3.8, 4) is 0 Å². The first kappa shape index (κ1) is 21.5. The third kappa shape index (κ3) is 4.72. The summed E-state index contributed by atoms with van der Waals surface area (Å²) in [5.41, 5.74) is 6.29. The second kappa shape index (κ2) is 8.04. The number of para-hydroxylation sites is 1. The second-order valence-electron chi connectivity index (χ2n) is 5.62. The van der Waals surface area contributed by atoms with Crippen LogP contribution in [0.1, 0.15) is 15.9 Å². The quantitative estimate of drug-likeness (QED) is 0.290. The van der Waals surface area contributed by atoms with Crippen molar-refractivity contribution in [1.29, 1.82) is 0 Å². The Balaban J connectivity index is 2.71. The third-order valence-corrected chi connectivity index (χ3v) is 3.67. The summed E-state index contributed by atoms with van der Waals surface area (Å²) in [6.45, 7) is 0. The maximum Gasteiger partial charge on any atom is 0.420 e. The number of nitrogens with zero attached hydrogens (tertiary/aromatic N) is 2. The zero-order valence-electron chi connectivity index (χ0n) is 14.6. The molecule has 0 aliphatic heterocycles. The van der Waals surface area contributed by atoms with Crippen molar-refractivity contribution in [3.05, 3.63) is 53.6 Å². The number of primary amides is 2. The van der Waals surface area contributed by atoms with Crippen molar-refractivity contribution in [2.24, 2.45) is 23.2 Å². The molecule has 10 nitrogen and oxygen atoms in total. The summed E-state index contributed by atoms with van der Waals surface area (Å²) in [6, 6.07) is 6.43. The fourth-order valence-corrected chi connectivity index (χ4v) is 2.38.